The highest BCUT2D eigenvalue weighted by Crippen LogP contribution is 2.34. The minimum absolute atomic E-state index is 0.606. The van der Waals surface area contributed by atoms with Crippen LogP contribution in [-0.4, -0.2) is 18.4 Å². The maximum Gasteiger partial charge on any atom is 0.0966 e. The number of nitrogens with one attached hydrogen (secondary N) is 1. The summed E-state index contributed by atoms with van der Waals surface area (Å²) in [5, 5.41) is 3.68. The van der Waals surface area contributed by atoms with Gasteiger partial charge in [-0.25, -0.2) is 0 Å². The smallest absolute Gasteiger partial charge is 0.0966 e. The summed E-state index contributed by atoms with van der Waals surface area (Å²) < 4.78 is 0. The maximum absolute atomic E-state index is 4.53. The fraction of sp³-hybridized carbons (Fsp3) is 0.533. The van der Waals surface area contributed by atoms with E-state index in [-0.39, 0.29) is 0 Å². The first-order valence-corrected chi connectivity index (χ1v) is 6.78. The van der Waals surface area contributed by atoms with Crippen LogP contribution in [-0.2, 0) is 0 Å². The number of aliphatic imine (C=N–C) groups is 1. The summed E-state index contributed by atoms with van der Waals surface area (Å²) in [5.41, 5.74) is 1.49. The topological polar surface area (TPSA) is 24.4 Å². The minimum Gasteiger partial charge on any atom is -0.370 e. The van der Waals surface area contributed by atoms with Gasteiger partial charge >= 0.3 is 0 Å². The number of nitrogens with zero attached hydrogens (tertiary/aromatic N) is 1. The Morgan fingerprint density at radius 2 is 1.94 bits per heavy atom. The van der Waals surface area contributed by atoms with Gasteiger partial charge in [0.25, 0.3) is 0 Å². The molecule has 3 rings (SSSR count). The monoisotopic (exact) mass is 228 g/mol. The van der Waals surface area contributed by atoms with Crippen molar-refractivity contribution in [3.05, 3.63) is 35.9 Å². The van der Waals surface area contributed by atoms with Gasteiger partial charge in [0.1, 0.15) is 0 Å². The molecule has 1 aliphatic heterocycles. The van der Waals surface area contributed by atoms with Crippen molar-refractivity contribution in [2.75, 3.05) is 6.54 Å². The highest BCUT2D eigenvalue weighted by Gasteiger charge is 2.29. The second-order valence-electron chi connectivity index (χ2n) is 5.13. The fourth-order valence-corrected chi connectivity index (χ4v) is 3.10. The Balaban J connectivity index is 1.71. The van der Waals surface area contributed by atoms with Gasteiger partial charge in [-0.1, -0.05) is 36.8 Å². The van der Waals surface area contributed by atoms with E-state index >= 15 is 0 Å². The van der Waals surface area contributed by atoms with Crippen LogP contribution in [0, 0.1) is 0 Å². The van der Waals surface area contributed by atoms with E-state index < -0.39 is 0 Å². The standard InChI is InChI=1S/C15H20N2/c1-2-6-12(7-3-1)13-8-4-9-14(13)17-15-10-5-11-16-15/h1-3,6-7,13-14H,4-5,8-11H2,(H,16,17)/t13-,14-/m0/s1. The van der Waals surface area contributed by atoms with Gasteiger partial charge in [0.05, 0.1) is 5.84 Å². The van der Waals surface area contributed by atoms with Crippen LogP contribution in [0.25, 0.3) is 0 Å². The summed E-state index contributed by atoms with van der Waals surface area (Å²) in [7, 11) is 0. The van der Waals surface area contributed by atoms with Crippen LogP contribution in [0.15, 0.2) is 35.3 Å². The molecule has 1 aliphatic carbocycles. The molecular weight excluding hydrogens is 208 g/mol. The molecule has 1 saturated carbocycles. The molecule has 1 aromatic carbocycles. The van der Waals surface area contributed by atoms with E-state index in [0.717, 1.165) is 13.0 Å². The molecule has 2 heteroatoms. The number of hydrogen-bond donors (Lipinski definition) is 1. The van der Waals surface area contributed by atoms with Crippen LogP contribution in [0.1, 0.15) is 43.6 Å². The van der Waals surface area contributed by atoms with Gasteiger partial charge in [0.2, 0.25) is 0 Å². The van der Waals surface area contributed by atoms with E-state index in [1.165, 1.54) is 37.1 Å². The molecule has 1 heterocycles. The molecule has 1 fully saturated rings. The lowest BCUT2D eigenvalue weighted by Gasteiger charge is -2.22. The summed E-state index contributed by atoms with van der Waals surface area (Å²) in [5.74, 6) is 1.93. The predicted molar refractivity (Wildman–Crippen MR) is 71.5 cm³/mol. The van der Waals surface area contributed by atoms with Crippen LogP contribution in [0.3, 0.4) is 0 Å². The number of benzene rings is 1. The van der Waals surface area contributed by atoms with E-state index in [9.17, 15) is 0 Å². The molecule has 2 nitrogen and oxygen atoms in total. The van der Waals surface area contributed by atoms with Crippen LogP contribution < -0.4 is 5.32 Å². The van der Waals surface area contributed by atoms with Crippen molar-refractivity contribution in [3.63, 3.8) is 0 Å². The molecule has 0 spiro atoms. The Bertz CT molecular complexity index is 397. The molecule has 2 atom stereocenters. The summed E-state index contributed by atoms with van der Waals surface area (Å²) in [4.78, 5) is 4.53. The van der Waals surface area contributed by atoms with Gasteiger partial charge in [0, 0.05) is 24.9 Å². The van der Waals surface area contributed by atoms with E-state index in [2.05, 4.69) is 40.6 Å². The summed E-state index contributed by atoms with van der Waals surface area (Å²) in [6.07, 6.45) is 6.32. The summed E-state index contributed by atoms with van der Waals surface area (Å²) in [6, 6.07) is 11.5. The Morgan fingerprint density at radius 3 is 2.71 bits per heavy atom. The first-order chi connectivity index (χ1) is 8.43. The third-order valence-corrected chi connectivity index (χ3v) is 3.97. The van der Waals surface area contributed by atoms with Crippen molar-refractivity contribution in [2.24, 2.45) is 4.99 Å². The third kappa shape index (κ3) is 2.36. The first-order valence-electron chi connectivity index (χ1n) is 6.78. The number of hydrogen-bond acceptors (Lipinski definition) is 2. The van der Waals surface area contributed by atoms with Gasteiger partial charge < -0.3 is 5.32 Å². The molecule has 0 saturated heterocycles. The highest BCUT2D eigenvalue weighted by atomic mass is 15.0. The quantitative estimate of drug-likeness (QED) is 0.826. The van der Waals surface area contributed by atoms with Crippen LogP contribution in [0.4, 0.5) is 0 Å². The second kappa shape index (κ2) is 4.91. The lowest BCUT2D eigenvalue weighted by molar-refractivity contribution is 0.556. The van der Waals surface area contributed by atoms with Gasteiger partial charge in [-0.3, -0.25) is 4.99 Å². The third-order valence-electron chi connectivity index (χ3n) is 3.97. The normalized spacial score (nSPS) is 28.1. The largest absolute Gasteiger partial charge is 0.370 e. The maximum atomic E-state index is 4.53. The second-order valence-corrected chi connectivity index (χ2v) is 5.13. The average Bonchev–Trinajstić information content (AvgIpc) is 3.02. The predicted octanol–water partition coefficient (Wildman–Crippen LogP) is 3.10. The molecule has 1 N–H and O–H groups in total. The van der Waals surface area contributed by atoms with E-state index in [4.69, 9.17) is 0 Å². The van der Waals surface area contributed by atoms with Gasteiger partial charge in [-0.2, -0.15) is 0 Å². The molecule has 2 aliphatic rings. The zero-order chi connectivity index (χ0) is 11.5. The molecule has 0 aromatic heterocycles. The Morgan fingerprint density at radius 1 is 1.06 bits per heavy atom. The molecule has 17 heavy (non-hydrogen) atoms. The van der Waals surface area contributed by atoms with Crippen molar-refractivity contribution in [3.8, 4) is 0 Å². The zero-order valence-corrected chi connectivity index (χ0v) is 10.2. The molecule has 0 radical (unpaired) electrons. The SMILES string of the molecule is c1ccc([C@@H]2CCC[C@@H]2NC2=NCCC2)cc1. The fourth-order valence-electron chi connectivity index (χ4n) is 3.10. The minimum atomic E-state index is 0.606. The van der Waals surface area contributed by atoms with Crippen molar-refractivity contribution in [1.29, 1.82) is 0 Å². The van der Waals surface area contributed by atoms with E-state index in [1.54, 1.807) is 0 Å². The van der Waals surface area contributed by atoms with Crippen molar-refractivity contribution in [2.45, 2.75) is 44.1 Å². The molecule has 0 bridgehead atoms. The lowest BCUT2D eigenvalue weighted by Crippen LogP contribution is -2.35. The van der Waals surface area contributed by atoms with Gasteiger partial charge in [-0.15, -0.1) is 0 Å². The average molecular weight is 228 g/mol. The molecule has 90 valence electrons. The van der Waals surface area contributed by atoms with Crippen LogP contribution in [0.2, 0.25) is 0 Å². The lowest BCUT2D eigenvalue weighted by atomic mass is 9.94. The molecular formula is C15H20N2. The van der Waals surface area contributed by atoms with E-state index in [0.29, 0.717) is 12.0 Å². The zero-order valence-electron chi connectivity index (χ0n) is 10.2. The van der Waals surface area contributed by atoms with E-state index in [1.807, 2.05) is 0 Å². The molecule has 0 unspecified atom stereocenters. The van der Waals surface area contributed by atoms with Crippen LogP contribution in [0.5, 0.6) is 0 Å². The highest BCUT2D eigenvalue weighted by molar-refractivity contribution is 5.83. The van der Waals surface area contributed by atoms with Gasteiger partial charge in [-0.05, 0) is 24.8 Å². The van der Waals surface area contributed by atoms with Crippen molar-refractivity contribution < 1.29 is 0 Å². The first kappa shape index (κ1) is 10.8. The summed E-state index contributed by atoms with van der Waals surface area (Å²) in [6.45, 7) is 1.02. The number of amidine groups is 1. The van der Waals surface area contributed by atoms with Crippen molar-refractivity contribution >= 4 is 5.84 Å². The Kier molecular flexibility index (Phi) is 3.12. The van der Waals surface area contributed by atoms with Gasteiger partial charge in [0.15, 0.2) is 0 Å². The van der Waals surface area contributed by atoms with Crippen LogP contribution >= 0.6 is 0 Å². The Hall–Kier alpha value is -1.31. The summed E-state index contributed by atoms with van der Waals surface area (Å²) >= 11 is 0. The molecule has 0 amide bonds. The Labute approximate surface area is 103 Å². The van der Waals surface area contributed by atoms with Crippen molar-refractivity contribution in [1.82, 2.24) is 5.32 Å². The molecule has 1 aromatic rings. The number of rotatable bonds is 2.